The highest BCUT2D eigenvalue weighted by Crippen LogP contribution is 2.36. The van der Waals surface area contributed by atoms with Crippen LogP contribution in [-0.2, 0) is 4.79 Å². The molecule has 2 aromatic rings. The van der Waals surface area contributed by atoms with E-state index in [9.17, 15) is 4.79 Å². The van der Waals surface area contributed by atoms with Crippen molar-refractivity contribution in [2.24, 2.45) is 0 Å². The van der Waals surface area contributed by atoms with Gasteiger partial charge < -0.3 is 10.6 Å². The van der Waals surface area contributed by atoms with E-state index >= 15 is 0 Å². The normalized spacial score (nSPS) is 12.0. The van der Waals surface area contributed by atoms with E-state index in [1.165, 1.54) is 18.3 Å². The van der Waals surface area contributed by atoms with Crippen molar-refractivity contribution in [3.05, 3.63) is 44.1 Å². The van der Waals surface area contributed by atoms with Gasteiger partial charge in [-0.2, -0.15) is 0 Å². The minimum Gasteiger partial charge on any atom is -0.378 e. The molecule has 1 amide bonds. The standard InChI is InChI=1S/C15H16Cl2N2OS/c1-8-4-5-11(19-10(3)20)6-13(8)18-9(2)12-7-14(16)21-15(12)17/h4-7,9,18H,1-3H3,(H,19,20). The summed E-state index contributed by atoms with van der Waals surface area (Å²) in [6, 6.07) is 7.64. The van der Waals surface area contributed by atoms with E-state index in [-0.39, 0.29) is 11.9 Å². The summed E-state index contributed by atoms with van der Waals surface area (Å²) in [6.45, 7) is 5.52. The van der Waals surface area contributed by atoms with Crippen molar-refractivity contribution in [1.29, 1.82) is 0 Å². The summed E-state index contributed by atoms with van der Waals surface area (Å²) < 4.78 is 1.36. The van der Waals surface area contributed by atoms with Crippen LogP contribution in [0, 0.1) is 6.92 Å². The number of rotatable bonds is 4. The third-order valence-corrected chi connectivity index (χ3v) is 4.60. The second-order valence-electron chi connectivity index (χ2n) is 4.86. The number of hydrogen-bond acceptors (Lipinski definition) is 3. The topological polar surface area (TPSA) is 41.1 Å². The Hall–Kier alpha value is -1.23. The Kier molecular flexibility index (Phi) is 5.14. The van der Waals surface area contributed by atoms with Crippen LogP contribution in [0.2, 0.25) is 8.67 Å². The highest BCUT2D eigenvalue weighted by Gasteiger charge is 2.14. The zero-order chi connectivity index (χ0) is 15.6. The molecule has 0 spiro atoms. The Labute approximate surface area is 138 Å². The molecule has 0 radical (unpaired) electrons. The fourth-order valence-electron chi connectivity index (χ4n) is 2.02. The molecule has 1 heterocycles. The van der Waals surface area contributed by atoms with Crippen LogP contribution in [0.4, 0.5) is 11.4 Å². The molecule has 2 N–H and O–H groups in total. The van der Waals surface area contributed by atoms with E-state index in [0.29, 0.717) is 8.67 Å². The molecular formula is C15H16Cl2N2OS. The van der Waals surface area contributed by atoms with E-state index in [1.54, 1.807) is 0 Å². The first-order chi connectivity index (χ1) is 9.86. The van der Waals surface area contributed by atoms with Gasteiger partial charge in [0.05, 0.1) is 14.7 Å². The second kappa shape index (κ2) is 6.69. The van der Waals surface area contributed by atoms with Crippen LogP contribution in [0.15, 0.2) is 24.3 Å². The van der Waals surface area contributed by atoms with Crippen LogP contribution in [0.5, 0.6) is 0 Å². The predicted molar refractivity (Wildman–Crippen MR) is 91.9 cm³/mol. The highest BCUT2D eigenvalue weighted by molar-refractivity contribution is 7.20. The smallest absolute Gasteiger partial charge is 0.221 e. The molecular weight excluding hydrogens is 327 g/mol. The maximum atomic E-state index is 11.1. The quantitative estimate of drug-likeness (QED) is 0.770. The van der Waals surface area contributed by atoms with E-state index in [2.05, 4.69) is 10.6 Å². The molecule has 6 heteroatoms. The Morgan fingerprint density at radius 1 is 1.29 bits per heavy atom. The average molecular weight is 343 g/mol. The number of thiophene rings is 1. The van der Waals surface area contributed by atoms with Crippen molar-refractivity contribution < 1.29 is 4.79 Å². The van der Waals surface area contributed by atoms with Gasteiger partial charge in [-0.15, -0.1) is 11.3 Å². The molecule has 0 saturated heterocycles. The van der Waals surface area contributed by atoms with Crippen LogP contribution in [-0.4, -0.2) is 5.91 Å². The lowest BCUT2D eigenvalue weighted by Gasteiger charge is -2.18. The Morgan fingerprint density at radius 2 is 2.00 bits per heavy atom. The zero-order valence-electron chi connectivity index (χ0n) is 12.0. The number of carbonyl (C=O) groups excluding carboxylic acids is 1. The zero-order valence-corrected chi connectivity index (χ0v) is 14.3. The second-order valence-corrected chi connectivity index (χ2v) is 7.14. The Morgan fingerprint density at radius 3 is 2.57 bits per heavy atom. The number of amides is 1. The molecule has 21 heavy (non-hydrogen) atoms. The summed E-state index contributed by atoms with van der Waals surface area (Å²) >= 11 is 13.5. The van der Waals surface area contributed by atoms with E-state index in [0.717, 1.165) is 22.5 Å². The molecule has 112 valence electrons. The number of carbonyl (C=O) groups is 1. The van der Waals surface area contributed by atoms with Crippen LogP contribution in [0.1, 0.15) is 31.0 Å². The lowest BCUT2D eigenvalue weighted by atomic mass is 10.1. The minimum absolute atomic E-state index is 0.0209. The van der Waals surface area contributed by atoms with E-state index in [4.69, 9.17) is 23.2 Å². The molecule has 3 nitrogen and oxygen atoms in total. The summed E-state index contributed by atoms with van der Waals surface area (Å²) in [4.78, 5) is 11.1. The maximum Gasteiger partial charge on any atom is 0.221 e. The van der Waals surface area contributed by atoms with Crippen LogP contribution in [0.25, 0.3) is 0 Å². The number of benzene rings is 1. The first-order valence-electron chi connectivity index (χ1n) is 6.46. The van der Waals surface area contributed by atoms with Crippen molar-refractivity contribution in [2.45, 2.75) is 26.8 Å². The Bertz CT molecular complexity index is 670. The molecule has 0 bridgehead atoms. The third kappa shape index (κ3) is 4.13. The summed E-state index contributed by atoms with van der Waals surface area (Å²) in [5.41, 5.74) is 3.77. The molecule has 0 aliphatic heterocycles. The van der Waals surface area contributed by atoms with Gasteiger partial charge in [0.2, 0.25) is 5.91 Å². The molecule has 1 unspecified atom stereocenters. The van der Waals surface area contributed by atoms with Crippen LogP contribution >= 0.6 is 34.5 Å². The van der Waals surface area contributed by atoms with Gasteiger partial charge in [0.15, 0.2) is 0 Å². The van der Waals surface area contributed by atoms with Crippen molar-refractivity contribution in [3.63, 3.8) is 0 Å². The monoisotopic (exact) mass is 342 g/mol. The summed E-state index contributed by atoms with van der Waals surface area (Å²) in [5.74, 6) is -0.0921. The number of halogens is 2. The molecule has 0 aliphatic rings. The number of hydrogen-bond donors (Lipinski definition) is 2. The number of aryl methyl sites for hydroxylation is 1. The lowest BCUT2D eigenvalue weighted by molar-refractivity contribution is -0.114. The SMILES string of the molecule is CC(=O)Nc1ccc(C)c(NC(C)c2cc(Cl)sc2Cl)c1. The third-order valence-electron chi connectivity index (χ3n) is 3.08. The van der Waals surface area contributed by atoms with Gasteiger partial charge in [-0.3, -0.25) is 4.79 Å². The van der Waals surface area contributed by atoms with Gasteiger partial charge in [-0.25, -0.2) is 0 Å². The maximum absolute atomic E-state index is 11.1. The van der Waals surface area contributed by atoms with Gasteiger partial charge in [-0.05, 0) is 37.6 Å². The first kappa shape index (κ1) is 16.1. The first-order valence-corrected chi connectivity index (χ1v) is 8.03. The van der Waals surface area contributed by atoms with Gasteiger partial charge in [0.25, 0.3) is 0 Å². The predicted octanol–water partition coefficient (Wildman–Crippen LogP) is 5.49. The number of anilines is 2. The molecule has 0 saturated carbocycles. The summed E-state index contributed by atoms with van der Waals surface area (Å²) in [6.07, 6.45) is 0. The van der Waals surface area contributed by atoms with Crippen molar-refractivity contribution >= 4 is 51.8 Å². The molecule has 1 atom stereocenters. The van der Waals surface area contributed by atoms with Gasteiger partial charge in [-0.1, -0.05) is 29.3 Å². The van der Waals surface area contributed by atoms with Crippen molar-refractivity contribution in [2.75, 3.05) is 10.6 Å². The van der Waals surface area contributed by atoms with Crippen molar-refractivity contribution in [1.82, 2.24) is 0 Å². The summed E-state index contributed by atoms with van der Waals surface area (Å²) in [7, 11) is 0. The average Bonchev–Trinajstić information content (AvgIpc) is 2.72. The Balaban J connectivity index is 2.22. The largest absolute Gasteiger partial charge is 0.378 e. The fourth-order valence-corrected chi connectivity index (χ4v) is 3.66. The van der Waals surface area contributed by atoms with Gasteiger partial charge in [0.1, 0.15) is 0 Å². The number of nitrogens with one attached hydrogen (secondary N) is 2. The van der Waals surface area contributed by atoms with Gasteiger partial charge in [0, 0.05) is 23.9 Å². The van der Waals surface area contributed by atoms with Gasteiger partial charge >= 0.3 is 0 Å². The fraction of sp³-hybridized carbons (Fsp3) is 0.267. The molecule has 0 fully saturated rings. The van der Waals surface area contributed by atoms with Crippen LogP contribution in [0.3, 0.4) is 0 Å². The van der Waals surface area contributed by atoms with E-state index < -0.39 is 0 Å². The van der Waals surface area contributed by atoms with Crippen molar-refractivity contribution in [3.8, 4) is 0 Å². The minimum atomic E-state index is -0.0921. The molecule has 2 rings (SSSR count). The molecule has 1 aromatic heterocycles. The highest BCUT2D eigenvalue weighted by atomic mass is 35.5. The lowest BCUT2D eigenvalue weighted by Crippen LogP contribution is -2.09. The summed E-state index contributed by atoms with van der Waals surface area (Å²) in [5, 5.41) is 6.18. The molecule has 1 aromatic carbocycles. The molecule has 0 aliphatic carbocycles. The van der Waals surface area contributed by atoms with E-state index in [1.807, 2.05) is 38.1 Å². The van der Waals surface area contributed by atoms with Crippen LogP contribution < -0.4 is 10.6 Å².